The minimum absolute atomic E-state index is 0.745. The summed E-state index contributed by atoms with van der Waals surface area (Å²) in [6.07, 6.45) is 8.56. The van der Waals surface area contributed by atoms with Gasteiger partial charge < -0.3 is 0 Å². The fourth-order valence-electron chi connectivity index (χ4n) is 2.01. The van der Waals surface area contributed by atoms with Crippen LogP contribution < -0.4 is 0 Å². The average Bonchev–Trinajstić information content (AvgIpc) is 2.17. The van der Waals surface area contributed by atoms with E-state index in [1.54, 1.807) is 0 Å². The van der Waals surface area contributed by atoms with Crippen molar-refractivity contribution < 1.29 is 0 Å². The van der Waals surface area contributed by atoms with Crippen molar-refractivity contribution in [3.63, 3.8) is 0 Å². The highest BCUT2D eigenvalue weighted by molar-refractivity contribution is 5.58. The second kappa shape index (κ2) is 3.33. The van der Waals surface area contributed by atoms with Gasteiger partial charge in [-0.1, -0.05) is 18.6 Å². The standard InChI is InChI=1S/C12H15N/c1-3-10-7-11-4-5-13-8-12(11)6-9(10)2/h4-6,8,10H,3,7H2,1-2H3. The fourth-order valence-corrected chi connectivity index (χ4v) is 2.01. The third-order valence-corrected chi connectivity index (χ3v) is 2.93. The minimum atomic E-state index is 0.745. The van der Waals surface area contributed by atoms with E-state index >= 15 is 0 Å². The number of pyridine rings is 1. The molecule has 1 aliphatic carbocycles. The first-order valence-electron chi connectivity index (χ1n) is 4.92. The molecule has 0 saturated heterocycles. The summed E-state index contributed by atoms with van der Waals surface area (Å²) in [7, 11) is 0. The molecule has 0 amide bonds. The molecule has 1 aromatic heterocycles. The maximum atomic E-state index is 4.14. The number of rotatable bonds is 1. The molecule has 0 aliphatic heterocycles. The molecule has 1 heterocycles. The summed E-state index contributed by atoms with van der Waals surface area (Å²) in [5.41, 5.74) is 4.26. The van der Waals surface area contributed by atoms with Gasteiger partial charge in [-0.05, 0) is 42.9 Å². The summed E-state index contributed by atoms with van der Waals surface area (Å²) in [6, 6.07) is 2.14. The SMILES string of the molecule is CCC1Cc2ccncc2C=C1C. The molecule has 0 saturated carbocycles. The molecular formula is C12H15N. The molecule has 0 aromatic carbocycles. The van der Waals surface area contributed by atoms with Crippen LogP contribution in [0.4, 0.5) is 0 Å². The summed E-state index contributed by atoms with van der Waals surface area (Å²) in [5, 5.41) is 0. The maximum Gasteiger partial charge on any atom is 0.0343 e. The largest absolute Gasteiger partial charge is 0.264 e. The smallest absolute Gasteiger partial charge is 0.0343 e. The lowest BCUT2D eigenvalue weighted by Gasteiger charge is -2.22. The second-order valence-corrected chi connectivity index (χ2v) is 3.77. The van der Waals surface area contributed by atoms with E-state index in [4.69, 9.17) is 0 Å². The zero-order valence-corrected chi connectivity index (χ0v) is 8.25. The monoisotopic (exact) mass is 173 g/mol. The molecule has 1 nitrogen and oxygen atoms in total. The molecule has 13 heavy (non-hydrogen) atoms. The van der Waals surface area contributed by atoms with Crippen LogP contribution in [-0.2, 0) is 6.42 Å². The average molecular weight is 173 g/mol. The van der Waals surface area contributed by atoms with E-state index in [-0.39, 0.29) is 0 Å². The van der Waals surface area contributed by atoms with Crippen LogP contribution in [0.3, 0.4) is 0 Å². The van der Waals surface area contributed by atoms with Gasteiger partial charge in [0.2, 0.25) is 0 Å². The summed E-state index contributed by atoms with van der Waals surface area (Å²) in [6.45, 7) is 4.48. The van der Waals surface area contributed by atoms with Crippen molar-refractivity contribution in [2.45, 2.75) is 26.7 Å². The number of fused-ring (bicyclic) bond motifs is 1. The molecule has 1 unspecified atom stereocenters. The summed E-state index contributed by atoms with van der Waals surface area (Å²) >= 11 is 0. The Balaban J connectivity index is 2.40. The van der Waals surface area contributed by atoms with Gasteiger partial charge in [0.15, 0.2) is 0 Å². The van der Waals surface area contributed by atoms with E-state index in [9.17, 15) is 0 Å². The van der Waals surface area contributed by atoms with E-state index in [1.165, 1.54) is 29.5 Å². The summed E-state index contributed by atoms with van der Waals surface area (Å²) in [4.78, 5) is 4.14. The molecular weight excluding hydrogens is 158 g/mol. The highest BCUT2D eigenvalue weighted by Gasteiger charge is 2.16. The van der Waals surface area contributed by atoms with Crippen LogP contribution in [0.25, 0.3) is 6.08 Å². The Morgan fingerprint density at radius 2 is 2.38 bits per heavy atom. The predicted molar refractivity (Wildman–Crippen MR) is 55.4 cm³/mol. The Hall–Kier alpha value is -1.11. The van der Waals surface area contributed by atoms with Gasteiger partial charge in [0.05, 0.1) is 0 Å². The van der Waals surface area contributed by atoms with Gasteiger partial charge in [0, 0.05) is 12.4 Å². The van der Waals surface area contributed by atoms with Crippen LogP contribution in [0.5, 0.6) is 0 Å². The lowest BCUT2D eigenvalue weighted by atomic mass is 9.84. The second-order valence-electron chi connectivity index (χ2n) is 3.77. The van der Waals surface area contributed by atoms with Crippen molar-refractivity contribution in [2.24, 2.45) is 5.92 Å². The quantitative estimate of drug-likeness (QED) is 0.636. The zero-order valence-electron chi connectivity index (χ0n) is 8.25. The first-order valence-corrected chi connectivity index (χ1v) is 4.92. The molecule has 1 aliphatic rings. The Labute approximate surface area is 79.5 Å². The third-order valence-electron chi connectivity index (χ3n) is 2.93. The zero-order chi connectivity index (χ0) is 9.26. The molecule has 0 bridgehead atoms. The number of allylic oxidation sites excluding steroid dienone is 1. The topological polar surface area (TPSA) is 12.9 Å². The Bertz CT molecular complexity index is 339. The van der Waals surface area contributed by atoms with Gasteiger partial charge in [0.1, 0.15) is 0 Å². The van der Waals surface area contributed by atoms with E-state index in [0.29, 0.717) is 0 Å². The maximum absolute atomic E-state index is 4.14. The van der Waals surface area contributed by atoms with Gasteiger partial charge >= 0.3 is 0 Å². The van der Waals surface area contributed by atoms with E-state index in [1.807, 2.05) is 12.4 Å². The van der Waals surface area contributed by atoms with Gasteiger partial charge in [-0.25, -0.2) is 0 Å². The van der Waals surface area contributed by atoms with Crippen molar-refractivity contribution in [1.82, 2.24) is 4.98 Å². The molecule has 2 rings (SSSR count). The van der Waals surface area contributed by atoms with Crippen LogP contribution in [0.2, 0.25) is 0 Å². The first kappa shape index (κ1) is 8.49. The van der Waals surface area contributed by atoms with Crippen molar-refractivity contribution >= 4 is 6.08 Å². The molecule has 0 fully saturated rings. The molecule has 0 N–H and O–H groups in total. The van der Waals surface area contributed by atoms with Crippen LogP contribution >= 0.6 is 0 Å². The van der Waals surface area contributed by atoms with Crippen molar-refractivity contribution in [3.05, 3.63) is 35.2 Å². The Morgan fingerprint density at radius 1 is 1.54 bits per heavy atom. The molecule has 68 valence electrons. The Morgan fingerprint density at radius 3 is 3.15 bits per heavy atom. The number of hydrogen-bond acceptors (Lipinski definition) is 1. The van der Waals surface area contributed by atoms with Gasteiger partial charge in [-0.15, -0.1) is 0 Å². The lowest BCUT2D eigenvalue weighted by Crippen LogP contribution is -2.10. The molecule has 1 aromatic rings. The van der Waals surface area contributed by atoms with E-state index < -0.39 is 0 Å². The molecule has 0 spiro atoms. The molecule has 1 heteroatoms. The van der Waals surface area contributed by atoms with Crippen molar-refractivity contribution in [3.8, 4) is 0 Å². The van der Waals surface area contributed by atoms with Gasteiger partial charge in [0.25, 0.3) is 0 Å². The van der Waals surface area contributed by atoms with Crippen LogP contribution in [0.15, 0.2) is 24.0 Å². The summed E-state index contributed by atoms with van der Waals surface area (Å²) < 4.78 is 0. The van der Waals surface area contributed by atoms with Gasteiger partial charge in [-0.2, -0.15) is 0 Å². The molecule has 0 radical (unpaired) electrons. The number of hydrogen-bond donors (Lipinski definition) is 0. The van der Waals surface area contributed by atoms with Crippen LogP contribution in [-0.4, -0.2) is 4.98 Å². The summed E-state index contributed by atoms with van der Waals surface area (Å²) in [5.74, 6) is 0.745. The van der Waals surface area contributed by atoms with Crippen molar-refractivity contribution in [1.29, 1.82) is 0 Å². The lowest BCUT2D eigenvalue weighted by molar-refractivity contribution is 0.584. The number of nitrogens with zero attached hydrogens (tertiary/aromatic N) is 1. The first-order chi connectivity index (χ1) is 6.31. The number of aromatic nitrogens is 1. The third kappa shape index (κ3) is 1.51. The fraction of sp³-hybridized carbons (Fsp3) is 0.417. The highest BCUT2D eigenvalue weighted by Crippen LogP contribution is 2.29. The Kier molecular flexibility index (Phi) is 2.17. The normalized spacial score (nSPS) is 20.8. The van der Waals surface area contributed by atoms with E-state index in [2.05, 4.69) is 31.0 Å². The highest BCUT2D eigenvalue weighted by atomic mass is 14.6. The molecule has 1 atom stereocenters. The van der Waals surface area contributed by atoms with Gasteiger partial charge in [-0.3, -0.25) is 4.98 Å². The minimum Gasteiger partial charge on any atom is -0.264 e. The van der Waals surface area contributed by atoms with Crippen molar-refractivity contribution in [2.75, 3.05) is 0 Å². The van der Waals surface area contributed by atoms with Crippen LogP contribution in [0, 0.1) is 5.92 Å². The predicted octanol–water partition coefficient (Wildman–Crippen LogP) is 3.07. The van der Waals surface area contributed by atoms with E-state index in [0.717, 1.165) is 5.92 Å². The van der Waals surface area contributed by atoms with Crippen LogP contribution in [0.1, 0.15) is 31.4 Å².